The van der Waals surface area contributed by atoms with Crippen molar-refractivity contribution in [2.75, 3.05) is 5.75 Å². The van der Waals surface area contributed by atoms with Gasteiger partial charge in [0.05, 0.1) is 11.3 Å². The van der Waals surface area contributed by atoms with Crippen LogP contribution in [-0.4, -0.2) is 26.3 Å². The van der Waals surface area contributed by atoms with Gasteiger partial charge >= 0.3 is 0 Å². The summed E-state index contributed by atoms with van der Waals surface area (Å²) in [6, 6.07) is 12.5. The minimum absolute atomic E-state index is 0.0730. The number of benzene rings is 2. The molecule has 0 spiro atoms. The average Bonchev–Trinajstić information content (AvgIpc) is 3.06. The summed E-state index contributed by atoms with van der Waals surface area (Å²) < 4.78 is 15.7. The normalized spacial score (nSPS) is 13.4. The highest BCUT2D eigenvalue weighted by Gasteiger charge is 2.17. The highest BCUT2D eigenvalue weighted by atomic mass is 32.2. The van der Waals surface area contributed by atoms with Gasteiger partial charge in [0, 0.05) is 12.6 Å². The third-order valence-electron chi connectivity index (χ3n) is 4.95. The SMILES string of the molecule is Cn1c(SCC(=O)c2ccc3c(c2)CCCC3)nnc1-c1ccccc1F. The van der Waals surface area contributed by atoms with Gasteiger partial charge in [0.1, 0.15) is 5.82 Å². The number of aromatic nitrogens is 3. The summed E-state index contributed by atoms with van der Waals surface area (Å²) in [5.74, 6) is 0.470. The molecule has 1 heterocycles. The van der Waals surface area contributed by atoms with Gasteiger partial charge in [-0.1, -0.05) is 36.0 Å². The predicted molar refractivity (Wildman–Crippen MR) is 105 cm³/mol. The molecule has 6 heteroatoms. The molecular formula is C21H20FN3OS. The summed E-state index contributed by atoms with van der Waals surface area (Å²) in [4.78, 5) is 12.6. The Morgan fingerprint density at radius 1 is 1.11 bits per heavy atom. The van der Waals surface area contributed by atoms with E-state index in [4.69, 9.17) is 0 Å². The van der Waals surface area contributed by atoms with E-state index in [1.165, 1.54) is 41.8 Å². The molecule has 0 N–H and O–H groups in total. The van der Waals surface area contributed by atoms with Crippen LogP contribution >= 0.6 is 11.8 Å². The van der Waals surface area contributed by atoms with Crippen molar-refractivity contribution in [1.82, 2.24) is 14.8 Å². The van der Waals surface area contributed by atoms with Gasteiger partial charge in [0.15, 0.2) is 16.8 Å². The molecule has 0 amide bonds. The fourth-order valence-corrected chi connectivity index (χ4v) is 4.24. The zero-order valence-electron chi connectivity index (χ0n) is 15.1. The zero-order chi connectivity index (χ0) is 18.8. The molecule has 0 atom stereocenters. The average molecular weight is 381 g/mol. The fourth-order valence-electron chi connectivity index (χ4n) is 3.44. The molecule has 0 aliphatic heterocycles. The molecule has 0 radical (unpaired) electrons. The second-order valence-corrected chi connectivity index (χ2v) is 7.69. The topological polar surface area (TPSA) is 47.8 Å². The first-order chi connectivity index (χ1) is 13.1. The molecule has 2 aromatic carbocycles. The fraction of sp³-hybridized carbons (Fsp3) is 0.286. The lowest BCUT2D eigenvalue weighted by Gasteiger charge is -2.16. The molecule has 0 bridgehead atoms. The smallest absolute Gasteiger partial charge is 0.191 e. The molecule has 27 heavy (non-hydrogen) atoms. The summed E-state index contributed by atoms with van der Waals surface area (Å²) in [5.41, 5.74) is 3.82. The molecule has 1 aliphatic rings. The highest BCUT2D eigenvalue weighted by molar-refractivity contribution is 7.99. The van der Waals surface area contributed by atoms with Crippen LogP contribution in [0.4, 0.5) is 4.39 Å². The van der Waals surface area contributed by atoms with E-state index in [-0.39, 0.29) is 17.4 Å². The van der Waals surface area contributed by atoms with E-state index in [1.54, 1.807) is 29.8 Å². The van der Waals surface area contributed by atoms with Gasteiger partial charge in [-0.15, -0.1) is 10.2 Å². The van der Waals surface area contributed by atoms with E-state index >= 15 is 0 Å². The minimum atomic E-state index is -0.338. The molecule has 0 fully saturated rings. The number of hydrogen-bond donors (Lipinski definition) is 0. The number of carbonyl (C=O) groups excluding carboxylic acids is 1. The number of fused-ring (bicyclic) bond motifs is 1. The molecule has 1 aromatic heterocycles. The van der Waals surface area contributed by atoms with Gasteiger partial charge < -0.3 is 4.57 Å². The third kappa shape index (κ3) is 3.67. The van der Waals surface area contributed by atoms with Gasteiger partial charge in [0.25, 0.3) is 0 Å². The number of rotatable bonds is 5. The molecule has 3 aromatic rings. The molecule has 0 saturated heterocycles. The van der Waals surface area contributed by atoms with Crippen LogP contribution in [0.25, 0.3) is 11.4 Å². The molecule has 1 aliphatic carbocycles. The molecule has 4 nitrogen and oxygen atoms in total. The number of nitrogens with zero attached hydrogens (tertiary/aromatic N) is 3. The molecule has 138 valence electrons. The minimum Gasteiger partial charge on any atom is -0.305 e. The van der Waals surface area contributed by atoms with Gasteiger partial charge in [-0.3, -0.25) is 4.79 Å². The quantitative estimate of drug-likeness (QED) is 0.483. The Balaban J connectivity index is 1.48. The monoisotopic (exact) mass is 381 g/mol. The Kier molecular flexibility index (Phi) is 5.07. The lowest BCUT2D eigenvalue weighted by molar-refractivity contribution is 0.102. The second-order valence-electron chi connectivity index (χ2n) is 6.75. The van der Waals surface area contributed by atoms with Crippen molar-refractivity contribution in [3.63, 3.8) is 0 Å². The van der Waals surface area contributed by atoms with Crippen molar-refractivity contribution >= 4 is 17.5 Å². The van der Waals surface area contributed by atoms with Crippen LogP contribution in [0.1, 0.15) is 34.3 Å². The lowest BCUT2D eigenvalue weighted by atomic mass is 9.90. The molecule has 4 rings (SSSR count). The van der Waals surface area contributed by atoms with E-state index in [1.807, 2.05) is 12.1 Å². The first-order valence-corrected chi connectivity index (χ1v) is 10.0. The Hall–Kier alpha value is -2.47. The highest BCUT2D eigenvalue weighted by Crippen LogP contribution is 2.26. The maximum atomic E-state index is 14.0. The molecule has 0 unspecified atom stereocenters. The number of carbonyl (C=O) groups is 1. The lowest BCUT2D eigenvalue weighted by Crippen LogP contribution is -2.08. The van der Waals surface area contributed by atoms with E-state index in [2.05, 4.69) is 16.3 Å². The van der Waals surface area contributed by atoms with Crippen molar-refractivity contribution < 1.29 is 9.18 Å². The van der Waals surface area contributed by atoms with E-state index in [0.29, 0.717) is 16.5 Å². The Morgan fingerprint density at radius 3 is 2.70 bits per heavy atom. The van der Waals surface area contributed by atoms with Gasteiger partial charge in [0.2, 0.25) is 0 Å². The number of thioether (sulfide) groups is 1. The van der Waals surface area contributed by atoms with E-state index < -0.39 is 0 Å². The van der Waals surface area contributed by atoms with Gasteiger partial charge in [-0.2, -0.15) is 0 Å². The van der Waals surface area contributed by atoms with Crippen LogP contribution < -0.4 is 0 Å². The van der Waals surface area contributed by atoms with E-state index in [0.717, 1.165) is 18.4 Å². The Bertz CT molecular complexity index is 999. The maximum absolute atomic E-state index is 14.0. The van der Waals surface area contributed by atoms with Crippen LogP contribution in [-0.2, 0) is 19.9 Å². The van der Waals surface area contributed by atoms with Crippen LogP contribution in [0.15, 0.2) is 47.6 Å². The van der Waals surface area contributed by atoms with Crippen LogP contribution in [0, 0.1) is 5.82 Å². The van der Waals surface area contributed by atoms with Gasteiger partial charge in [-0.05, 0) is 55.0 Å². The largest absolute Gasteiger partial charge is 0.305 e. The van der Waals surface area contributed by atoms with Crippen molar-refractivity contribution in [2.24, 2.45) is 7.05 Å². The molecule has 0 saturated carbocycles. The standard InChI is InChI=1S/C21H20FN3OS/c1-25-20(17-8-4-5-9-18(17)22)23-24-21(25)27-13-19(26)16-11-10-14-6-2-3-7-15(14)12-16/h4-5,8-12H,2-3,6-7,13H2,1H3. The zero-order valence-corrected chi connectivity index (χ0v) is 15.9. The Labute approximate surface area is 161 Å². The molecular weight excluding hydrogens is 361 g/mol. The van der Waals surface area contributed by atoms with Crippen molar-refractivity contribution in [3.8, 4) is 11.4 Å². The summed E-state index contributed by atoms with van der Waals surface area (Å²) in [6.07, 6.45) is 4.58. The first kappa shape index (κ1) is 17.9. The van der Waals surface area contributed by atoms with Crippen molar-refractivity contribution in [2.45, 2.75) is 30.8 Å². The van der Waals surface area contributed by atoms with E-state index in [9.17, 15) is 9.18 Å². The maximum Gasteiger partial charge on any atom is 0.191 e. The number of hydrogen-bond acceptors (Lipinski definition) is 4. The Morgan fingerprint density at radius 2 is 1.89 bits per heavy atom. The predicted octanol–water partition coefficient (Wildman–Crippen LogP) is 4.48. The second kappa shape index (κ2) is 7.64. The first-order valence-electron chi connectivity index (χ1n) is 9.05. The summed E-state index contributed by atoms with van der Waals surface area (Å²) in [7, 11) is 1.79. The summed E-state index contributed by atoms with van der Waals surface area (Å²) >= 11 is 1.33. The summed E-state index contributed by atoms with van der Waals surface area (Å²) in [5, 5.41) is 8.82. The van der Waals surface area contributed by atoms with Crippen LogP contribution in [0.3, 0.4) is 0 Å². The number of halogens is 1. The summed E-state index contributed by atoms with van der Waals surface area (Å²) in [6.45, 7) is 0. The number of Topliss-reactive ketones (excluding diaryl/α,β-unsaturated/α-hetero) is 1. The van der Waals surface area contributed by atoms with Gasteiger partial charge in [-0.25, -0.2) is 4.39 Å². The third-order valence-corrected chi connectivity index (χ3v) is 5.97. The van der Waals surface area contributed by atoms with Crippen molar-refractivity contribution in [1.29, 1.82) is 0 Å². The van der Waals surface area contributed by atoms with Crippen molar-refractivity contribution in [3.05, 3.63) is 65.0 Å². The van der Waals surface area contributed by atoms with Crippen LogP contribution in [0.5, 0.6) is 0 Å². The van der Waals surface area contributed by atoms with Crippen LogP contribution in [0.2, 0.25) is 0 Å². The number of ketones is 1. The number of aryl methyl sites for hydroxylation is 2.